The summed E-state index contributed by atoms with van der Waals surface area (Å²) >= 11 is 0. The molecular weight excluding hydrogens is 204 g/mol. The fourth-order valence-corrected chi connectivity index (χ4v) is 1.85. The lowest BCUT2D eigenvalue weighted by Gasteiger charge is -2.14. The van der Waals surface area contributed by atoms with Gasteiger partial charge < -0.3 is 15.2 Å². The number of pyridine rings is 1. The largest absolute Gasteiger partial charge is 0.493 e. The Labute approximate surface area is 94.0 Å². The van der Waals surface area contributed by atoms with E-state index in [0.717, 1.165) is 16.3 Å². The van der Waals surface area contributed by atoms with Gasteiger partial charge >= 0.3 is 0 Å². The van der Waals surface area contributed by atoms with Crippen molar-refractivity contribution in [1.29, 1.82) is 0 Å². The molecule has 0 atom stereocenters. The van der Waals surface area contributed by atoms with Crippen molar-refractivity contribution in [2.24, 2.45) is 5.73 Å². The Balaban J connectivity index is 2.82. The van der Waals surface area contributed by atoms with E-state index in [9.17, 15) is 0 Å². The van der Waals surface area contributed by atoms with Gasteiger partial charge in [0, 0.05) is 29.9 Å². The van der Waals surface area contributed by atoms with Crippen LogP contribution in [0.4, 0.5) is 0 Å². The molecule has 0 unspecified atom stereocenters. The molecule has 0 spiro atoms. The minimum absolute atomic E-state index is 0.404. The van der Waals surface area contributed by atoms with Crippen LogP contribution < -0.4 is 15.2 Å². The number of aromatic nitrogens is 1. The van der Waals surface area contributed by atoms with Crippen LogP contribution in [0.25, 0.3) is 10.8 Å². The van der Waals surface area contributed by atoms with Gasteiger partial charge in [-0.1, -0.05) is 0 Å². The van der Waals surface area contributed by atoms with Crippen LogP contribution in [0.1, 0.15) is 5.56 Å². The second-order valence-corrected chi connectivity index (χ2v) is 3.39. The first-order valence-corrected chi connectivity index (χ1v) is 4.99. The topological polar surface area (TPSA) is 57.4 Å². The summed E-state index contributed by atoms with van der Waals surface area (Å²) < 4.78 is 10.6. The van der Waals surface area contributed by atoms with E-state index in [-0.39, 0.29) is 0 Å². The van der Waals surface area contributed by atoms with E-state index in [1.165, 1.54) is 0 Å². The average molecular weight is 218 g/mol. The molecule has 1 aromatic heterocycles. The van der Waals surface area contributed by atoms with Crippen molar-refractivity contribution in [2.45, 2.75) is 6.54 Å². The van der Waals surface area contributed by atoms with Gasteiger partial charge in [0.2, 0.25) is 0 Å². The molecule has 2 rings (SSSR count). The molecule has 1 heterocycles. The first kappa shape index (κ1) is 10.7. The van der Waals surface area contributed by atoms with Crippen LogP contribution in [0.2, 0.25) is 0 Å². The molecule has 0 radical (unpaired) electrons. The van der Waals surface area contributed by atoms with Crippen molar-refractivity contribution in [3.63, 3.8) is 0 Å². The number of hydrogen-bond acceptors (Lipinski definition) is 4. The van der Waals surface area contributed by atoms with E-state index < -0.39 is 0 Å². The van der Waals surface area contributed by atoms with Crippen molar-refractivity contribution >= 4 is 10.8 Å². The molecule has 0 aliphatic carbocycles. The fraction of sp³-hybridized carbons (Fsp3) is 0.250. The predicted octanol–water partition coefficient (Wildman–Crippen LogP) is 1.71. The van der Waals surface area contributed by atoms with E-state index in [1.54, 1.807) is 26.6 Å². The number of fused-ring (bicyclic) bond motifs is 1. The van der Waals surface area contributed by atoms with Gasteiger partial charge in [-0.15, -0.1) is 0 Å². The maximum Gasteiger partial charge on any atom is 0.165 e. The molecule has 2 aromatic rings. The number of rotatable bonds is 3. The van der Waals surface area contributed by atoms with Gasteiger partial charge in [0.05, 0.1) is 14.2 Å². The first-order valence-electron chi connectivity index (χ1n) is 4.99. The summed E-state index contributed by atoms with van der Waals surface area (Å²) in [7, 11) is 3.23. The van der Waals surface area contributed by atoms with Gasteiger partial charge in [-0.3, -0.25) is 4.98 Å². The van der Waals surface area contributed by atoms with Crippen LogP contribution >= 0.6 is 0 Å². The molecular formula is C12H14N2O2. The van der Waals surface area contributed by atoms with Crippen LogP contribution in [-0.2, 0) is 6.54 Å². The smallest absolute Gasteiger partial charge is 0.165 e. The van der Waals surface area contributed by atoms with E-state index >= 15 is 0 Å². The molecule has 0 aliphatic heterocycles. The Morgan fingerprint density at radius 1 is 1.31 bits per heavy atom. The number of nitrogens with zero attached hydrogens (tertiary/aromatic N) is 1. The van der Waals surface area contributed by atoms with Crippen molar-refractivity contribution < 1.29 is 9.47 Å². The second-order valence-electron chi connectivity index (χ2n) is 3.39. The van der Waals surface area contributed by atoms with Gasteiger partial charge in [-0.05, 0) is 17.5 Å². The predicted molar refractivity (Wildman–Crippen MR) is 62.7 cm³/mol. The molecule has 0 amide bonds. The van der Waals surface area contributed by atoms with E-state index in [1.807, 2.05) is 12.1 Å². The molecule has 84 valence electrons. The van der Waals surface area contributed by atoms with Crippen LogP contribution in [0.15, 0.2) is 24.5 Å². The second kappa shape index (κ2) is 4.37. The Morgan fingerprint density at radius 3 is 2.75 bits per heavy atom. The maximum absolute atomic E-state index is 5.76. The lowest BCUT2D eigenvalue weighted by atomic mass is 10.0. The van der Waals surface area contributed by atoms with Crippen molar-refractivity contribution in [3.8, 4) is 11.5 Å². The summed E-state index contributed by atoms with van der Waals surface area (Å²) in [6.07, 6.45) is 3.53. The lowest BCUT2D eigenvalue weighted by Crippen LogP contribution is -2.03. The molecule has 0 bridgehead atoms. The number of benzene rings is 1. The maximum atomic E-state index is 5.76. The number of nitrogens with two attached hydrogens (primary N) is 1. The Hall–Kier alpha value is -1.81. The summed E-state index contributed by atoms with van der Waals surface area (Å²) in [4.78, 5) is 4.08. The molecule has 4 nitrogen and oxygen atoms in total. The van der Waals surface area contributed by atoms with Crippen LogP contribution in [0.3, 0.4) is 0 Å². The molecule has 0 aliphatic rings. The molecule has 0 fully saturated rings. The zero-order chi connectivity index (χ0) is 11.5. The summed E-state index contributed by atoms with van der Waals surface area (Å²) in [5, 5.41) is 2.05. The van der Waals surface area contributed by atoms with Crippen LogP contribution in [-0.4, -0.2) is 19.2 Å². The Kier molecular flexibility index (Phi) is 2.92. The van der Waals surface area contributed by atoms with Gasteiger partial charge in [-0.25, -0.2) is 0 Å². The van der Waals surface area contributed by atoms with Crippen molar-refractivity contribution in [3.05, 3.63) is 30.1 Å². The average Bonchev–Trinajstić information content (AvgIpc) is 2.36. The van der Waals surface area contributed by atoms with Crippen LogP contribution in [0, 0.1) is 0 Å². The van der Waals surface area contributed by atoms with Gasteiger partial charge in [0.15, 0.2) is 11.5 Å². The third kappa shape index (κ3) is 1.57. The molecule has 0 saturated heterocycles. The summed E-state index contributed by atoms with van der Waals surface area (Å²) in [5.41, 5.74) is 6.70. The highest BCUT2D eigenvalue weighted by Crippen LogP contribution is 2.36. The number of methoxy groups -OCH3 is 2. The standard InChI is InChI=1S/C12H14N2O2/c1-15-11-5-8-7-14-4-3-9(8)10(6-13)12(11)16-2/h3-5,7H,6,13H2,1-2H3. The zero-order valence-electron chi connectivity index (χ0n) is 9.36. The first-order chi connectivity index (χ1) is 7.81. The molecule has 2 N–H and O–H groups in total. The third-order valence-corrected chi connectivity index (χ3v) is 2.59. The minimum Gasteiger partial charge on any atom is -0.493 e. The number of hydrogen-bond donors (Lipinski definition) is 1. The van der Waals surface area contributed by atoms with E-state index in [0.29, 0.717) is 18.0 Å². The molecule has 4 heteroatoms. The lowest BCUT2D eigenvalue weighted by molar-refractivity contribution is 0.353. The van der Waals surface area contributed by atoms with Crippen LogP contribution in [0.5, 0.6) is 11.5 Å². The van der Waals surface area contributed by atoms with Crippen molar-refractivity contribution in [2.75, 3.05) is 14.2 Å². The monoisotopic (exact) mass is 218 g/mol. The van der Waals surface area contributed by atoms with Crippen molar-refractivity contribution in [1.82, 2.24) is 4.98 Å². The minimum atomic E-state index is 0.404. The Morgan fingerprint density at radius 2 is 2.12 bits per heavy atom. The highest BCUT2D eigenvalue weighted by molar-refractivity contribution is 5.89. The summed E-state index contributed by atoms with van der Waals surface area (Å²) in [5.74, 6) is 1.38. The highest BCUT2D eigenvalue weighted by atomic mass is 16.5. The van der Waals surface area contributed by atoms with Gasteiger partial charge in [0.1, 0.15) is 0 Å². The quantitative estimate of drug-likeness (QED) is 0.852. The number of ether oxygens (including phenoxy) is 2. The molecule has 0 saturated carbocycles. The fourth-order valence-electron chi connectivity index (χ4n) is 1.85. The summed E-state index contributed by atoms with van der Waals surface area (Å²) in [6.45, 7) is 0.404. The summed E-state index contributed by atoms with van der Waals surface area (Å²) in [6, 6.07) is 3.83. The molecule has 1 aromatic carbocycles. The SMILES string of the molecule is COc1cc2cnccc2c(CN)c1OC. The highest BCUT2D eigenvalue weighted by Gasteiger charge is 2.13. The van der Waals surface area contributed by atoms with Gasteiger partial charge in [-0.2, -0.15) is 0 Å². The van der Waals surface area contributed by atoms with Gasteiger partial charge in [0.25, 0.3) is 0 Å². The van der Waals surface area contributed by atoms with E-state index in [4.69, 9.17) is 15.2 Å². The van der Waals surface area contributed by atoms with E-state index in [2.05, 4.69) is 4.98 Å². The normalized spacial score (nSPS) is 10.4. The third-order valence-electron chi connectivity index (χ3n) is 2.59. The Bertz CT molecular complexity index is 512. The zero-order valence-corrected chi connectivity index (χ0v) is 9.36. The molecule has 16 heavy (non-hydrogen) atoms.